The summed E-state index contributed by atoms with van der Waals surface area (Å²) in [6.07, 6.45) is 4.62. The second-order valence-electron chi connectivity index (χ2n) is 8.08. The Labute approximate surface area is 178 Å². The van der Waals surface area contributed by atoms with Crippen molar-refractivity contribution in [2.24, 2.45) is 10.9 Å². The summed E-state index contributed by atoms with van der Waals surface area (Å²) in [5.74, 6) is 2.40. The van der Waals surface area contributed by atoms with Gasteiger partial charge in [-0.25, -0.2) is 0 Å². The molecule has 1 aliphatic rings. The van der Waals surface area contributed by atoms with Crippen molar-refractivity contribution >= 4 is 11.6 Å². The molecule has 3 heterocycles. The van der Waals surface area contributed by atoms with Crippen LogP contribution >= 0.6 is 0 Å². The molecular weight excluding hydrogens is 374 g/mol. The first-order valence-electron chi connectivity index (χ1n) is 10.7. The van der Waals surface area contributed by atoms with Crippen molar-refractivity contribution in [3.05, 3.63) is 65.6 Å². The van der Waals surface area contributed by atoms with Crippen LogP contribution in [0, 0.1) is 5.92 Å². The Morgan fingerprint density at radius 3 is 2.70 bits per heavy atom. The van der Waals surface area contributed by atoms with Crippen molar-refractivity contribution in [2.45, 2.75) is 39.4 Å². The lowest BCUT2D eigenvalue weighted by Gasteiger charge is -2.31. The summed E-state index contributed by atoms with van der Waals surface area (Å²) >= 11 is 0. The zero-order valence-corrected chi connectivity index (χ0v) is 17.9. The Kier molecular flexibility index (Phi) is 6.59. The summed E-state index contributed by atoms with van der Waals surface area (Å²) in [5, 5.41) is 15.3. The van der Waals surface area contributed by atoms with E-state index in [1.165, 1.54) is 37.1 Å². The van der Waals surface area contributed by atoms with Gasteiger partial charge < -0.3 is 10.6 Å². The minimum absolute atomic E-state index is 0.554. The molecule has 0 spiro atoms. The smallest absolute Gasteiger partial charge is 0.191 e. The van der Waals surface area contributed by atoms with Gasteiger partial charge in [0.1, 0.15) is 0 Å². The summed E-state index contributed by atoms with van der Waals surface area (Å²) in [4.78, 5) is 6.94. The van der Waals surface area contributed by atoms with Crippen molar-refractivity contribution < 1.29 is 0 Å². The van der Waals surface area contributed by atoms with Crippen molar-refractivity contribution in [1.29, 1.82) is 0 Å². The highest BCUT2D eigenvalue weighted by molar-refractivity contribution is 5.79. The third-order valence-electron chi connectivity index (χ3n) is 5.72. The van der Waals surface area contributed by atoms with Gasteiger partial charge in [0.05, 0.1) is 6.54 Å². The number of hydrogen-bond acceptors (Lipinski definition) is 4. The van der Waals surface area contributed by atoms with E-state index in [9.17, 15) is 0 Å². The van der Waals surface area contributed by atoms with Gasteiger partial charge in [0, 0.05) is 32.9 Å². The number of aliphatic imine (C=N–C) groups is 1. The van der Waals surface area contributed by atoms with E-state index in [1.807, 2.05) is 28.8 Å². The average molecular weight is 406 g/mol. The Hall–Kier alpha value is -2.93. The number of rotatable bonds is 6. The summed E-state index contributed by atoms with van der Waals surface area (Å²) in [5.41, 5.74) is 3.54. The second kappa shape index (κ2) is 9.71. The minimum Gasteiger partial charge on any atom is -0.352 e. The first-order valence-corrected chi connectivity index (χ1v) is 10.7. The van der Waals surface area contributed by atoms with Crippen LogP contribution in [0.2, 0.25) is 0 Å². The Morgan fingerprint density at radius 2 is 1.87 bits per heavy atom. The van der Waals surface area contributed by atoms with Crippen LogP contribution in [-0.4, -0.2) is 45.6 Å². The molecule has 1 aromatic carbocycles. The summed E-state index contributed by atoms with van der Waals surface area (Å²) in [6.45, 7) is 7.05. The maximum atomic E-state index is 4.36. The van der Waals surface area contributed by atoms with Crippen LogP contribution in [0.4, 0.5) is 0 Å². The van der Waals surface area contributed by atoms with Gasteiger partial charge in [0.2, 0.25) is 0 Å². The molecular formula is C23H31N7. The number of pyridine rings is 1. The first kappa shape index (κ1) is 20.3. The monoisotopic (exact) mass is 405 g/mol. The van der Waals surface area contributed by atoms with E-state index in [0.717, 1.165) is 36.4 Å². The van der Waals surface area contributed by atoms with E-state index in [4.69, 9.17) is 0 Å². The summed E-state index contributed by atoms with van der Waals surface area (Å²) in [7, 11) is 1.79. The number of likely N-dealkylation sites (tertiary alicyclic amines) is 1. The molecule has 1 unspecified atom stereocenters. The lowest BCUT2D eigenvalue weighted by atomic mass is 9.99. The molecule has 4 rings (SSSR count). The van der Waals surface area contributed by atoms with Gasteiger partial charge in [-0.15, -0.1) is 10.2 Å². The molecule has 0 radical (unpaired) electrons. The van der Waals surface area contributed by atoms with E-state index < -0.39 is 0 Å². The third-order valence-corrected chi connectivity index (χ3v) is 5.72. The molecule has 1 atom stereocenters. The SMILES string of the molecule is CN=C(NCc1ccccc1CN1CCCC(C)C1)NCc1nnc2ccccn12. The molecule has 0 aliphatic carbocycles. The van der Waals surface area contributed by atoms with Crippen molar-refractivity contribution in [3.63, 3.8) is 0 Å². The summed E-state index contributed by atoms with van der Waals surface area (Å²) < 4.78 is 1.98. The van der Waals surface area contributed by atoms with Gasteiger partial charge in [-0.05, 0) is 48.6 Å². The molecule has 0 saturated carbocycles. The molecule has 0 bridgehead atoms. The van der Waals surface area contributed by atoms with Gasteiger partial charge in [-0.3, -0.25) is 14.3 Å². The molecule has 2 N–H and O–H groups in total. The fourth-order valence-electron chi connectivity index (χ4n) is 4.13. The number of aromatic nitrogens is 3. The molecule has 1 aliphatic heterocycles. The molecule has 2 aromatic heterocycles. The maximum Gasteiger partial charge on any atom is 0.191 e. The van der Waals surface area contributed by atoms with E-state index in [0.29, 0.717) is 6.54 Å². The third kappa shape index (κ3) is 4.97. The normalized spacial score (nSPS) is 17.9. The van der Waals surface area contributed by atoms with Crippen LogP contribution in [0.15, 0.2) is 53.7 Å². The van der Waals surface area contributed by atoms with Gasteiger partial charge in [0.15, 0.2) is 17.4 Å². The summed E-state index contributed by atoms with van der Waals surface area (Å²) in [6, 6.07) is 14.6. The van der Waals surface area contributed by atoms with Crippen LogP contribution < -0.4 is 10.6 Å². The van der Waals surface area contributed by atoms with E-state index in [2.05, 4.69) is 61.9 Å². The second-order valence-corrected chi connectivity index (χ2v) is 8.08. The number of piperidine rings is 1. The van der Waals surface area contributed by atoms with E-state index >= 15 is 0 Å². The lowest BCUT2D eigenvalue weighted by Crippen LogP contribution is -2.37. The number of fused-ring (bicyclic) bond motifs is 1. The van der Waals surface area contributed by atoms with Crippen LogP contribution in [-0.2, 0) is 19.6 Å². The van der Waals surface area contributed by atoms with Crippen LogP contribution in [0.1, 0.15) is 36.7 Å². The molecule has 1 saturated heterocycles. The fraction of sp³-hybridized carbons (Fsp3) is 0.435. The van der Waals surface area contributed by atoms with Gasteiger partial charge in [-0.1, -0.05) is 37.3 Å². The number of nitrogens with one attached hydrogen (secondary N) is 2. The molecule has 1 fully saturated rings. The number of benzene rings is 1. The molecule has 7 nitrogen and oxygen atoms in total. The molecule has 7 heteroatoms. The molecule has 0 amide bonds. The maximum absolute atomic E-state index is 4.36. The number of guanidine groups is 1. The minimum atomic E-state index is 0.554. The van der Waals surface area contributed by atoms with Gasteiger partial charge in [-0.2, -0.15) is 0 Å². The highest BCUT2D eigenvalue weighted by Crippen LogP contribution is 2.19. The van der Waals surface area contributed by atoms with Crippen LogP contribution in [0.5, 0.6) is 0 Å². The Bertz CT molecular complexity index is 994. The van der Waals surface area contributed by atoms with Crippen molar-refractivity contribution in [2.75, 3.05) is 20.1 Å². The van der Waals surface area contributed by atoms with Gasteiger partial charge in [0.25, 0.3) is 0 Å². The number of hydrogen-bond donors (Lipinski definition) is 2. The standard InChI is InChI=1S/C23H31N7/c1-18-8-7-12-29(16-18)17-20-10-4-3-9-19(20)14-25-23(24-2)26-15-22-28-27-21-11-5-6-13-30(21)22/h3-6,9-11,13,18H,7-8,12,14-17H2,1-2H3,(H2,24,25,26). The highest BCUT2D eigenvalue weighted by Gasteiger charge is 2.17. The number of nitrogens with zero attached hydrogens (tertiary/aromatic N) is 5. The quantitative estimate of drug-likeness (QED) is 0.488. The van der Waals surface area contributed by atoms with Gasteiger partial charge >= 0.3 is 0 Å². The first-order chi connectivity index (χ1) is 14.7. The largest absolute Gasteiger partial charge is 0.352 e. The topological polar surface area (TPSA) is 69.8 Å². The Morgan fingerprint density at radius 1 is 1.07 bits per heavy atom. The van der Waals surface area contributed by atoms with E-state index in [-0.39, 0.29) is 0 Å². The van der Waals surface area contributed by atoms with Crippen LogP contribution in [0.3, 0.4) is 0 Å². The fourth-order valence-corrected chi connectivity index (χ4v) is 4.13. The lowest BCUT2D eigenvalue weighted by molar-refractivity contribution is 0.176. The molecule has 3 aromatic rings. The van der Waals surface area contributed by atoms with Crippen molar-refractivity contribution in [3.8, 4) is 0 Å². The predicted octanol–water partition coefficient (Wildman–Crippen LogP) is 2.83. The molecule has 30 heavy (non-hydrogen) atoms. The average Bonchev–Trinajstić information content (AvgIpc) is 3.18. The zero-order chi connectivity index (χ0) is 20.8. The van der Waals surface area contributed by atoms with E-state index in [1.54, 1.807) is 7.05 Å². The predicted molar refractivity (Wildman–Crippen MR) is 120 cm³/mol. The van der Waals surface area contributed by atoms with Crippen LogP contribution in [0.25, 0.3) is 5.65 Å². The van der Waals surface area contributed by atoms with Crippen molar-refractivity contribution in [1.82, 2.24) is 30.1 Å². The Balaban J connectivity index is 1.35. The highest BCUT2D eigenvalue weighted by atomic mass is 15.3. The molecule has 158 valence electrons. The zero-order valence-electron chi connectivity index (χ0n) is 17.9.